The number of nitrogens with zero attached hydrogens (tertiary/aromatic N) is 1. The number of benzene rings is 2. The highest BCUT2D eigenvalue weighted by Crippen LogP contribution is 2.16. The Morgan fingerprint density at radius 2 is 1.81 bits per heavy atom. The van der Waals surface area contributed by atoms with Crippen LogP contribution in [0.15, 0.2) is 59.4 Å². The van der Waals surface area contributed by atoms with Gasteiger partial charge in [0.05, 0.1) is 6.54 Å². The van der Waals surface area contributed by atoms with Crippen LogP contribution in [0.2, 0.25) is 0 Å². The highest BCUT2D eigenvalue weighted by atomic mass is 32.1. The summed E-state index contributed by atoms with van der Waals surface area (Å²) in [4.78, 5) is 17.6. The molecule has 3 rings (SSSR count). The smallest absolute Gasteiger partial charge is 0.253 e. The van der Waals surface area contributed by atoms with Crippen LogP contribution in [0.1, 0.15) is 30.5 Å². The van der Waals surface area contributed by atoms with Crippen molar-refractivity contribution in [3.63, 3.8) is 0 Å². The summed E-state index contributed by atoms with van der Waals surface area (Å²) in [6, 6.07) is 18.3. The number of aromatic nitrogens is 1. The minimum Gasteiger partial charge on any atom is -0.363 e. The Kier molecular flexibility index (Phi) is 6.24. The van der Waals surface area contributed by atoms with Gasteiger partial charge < -0.3 is 15.2 Å². The topological polar surface area (TPSA) is 48.1 Å². The lowest BCUT2D eigenvalue weighted by Gasteiger charge is -2.25. The monoisotopic (exact) mass is 379 g/mol. The van der Waals surface area contributed by atoms with Gasteiger partial charge in [0.25, 0.3) is 5.56 Å². The lowest BCUT2D eigenvalue weighted by Crippen LogP contribution is -2.39. The van der Waals surface area contributed by atoms with Crippen LogP contribution in [0.25, 0.3) is 10.9 Å². The van der Waals surface area contributed by atoms with Crippen molar-refractivity contribution in [2.45, 2.75) is 33.4 Å². The maximum Gasteiger partial charge on any atom is 0.253 e. The second kappa shape index (κ2) is 8.82. The molecule has 0 radical (unpaired) electrons. The van der Waals surface area contributed by atoms with Crippen LogP contribution in [0.4, 0.5) is 0 Å². The van der Waals surface area contributed by atoms with Crippen LogP contribution >= 0.6 is 12.2 Å². The Hall–Kier alpha value is -2.66. The average Bonchev–Trinajstić information content (AvgIpc) is 2.68. The average molecular weight is 380 g/mol. The van der Waals surface area contributed by atoms with Crippen LogP contribution < -0.4 is 10.9 Å². The molecule has 0 bridgehead atoms. The molecule has 140 valence electrons. The lowest BCUT2D eigenvalue weighted by molar-refractivity contribution is 0.398. The number of fused-ring (bicyclic) bond motifs is 1. The summed E-state index contributed by atoms with van der Waals surface area (Å²) >= 11 is 5.55. The number of aromatic amines is 1. The number of thiocarbonyl (C=S) groups is 1. The van der Waals surface area contributed by atoms with Gasteiger partial charge in [0, 0.05) is 24.2 Å². The summed E-state index contributed by atoms with van der Waals surface area (Å²) in [5.41, 5.74) is 3.92. The predicted octanol–water partition coefficient (Wildman–Crippen LogP) is 3.99. The van der Waals surface area contributed by atoms with Crippen LogP contribution in [0, 0.1) is 0 Å². The van der Waals surface area contributed by atoms with Gasteiger partial charge in [0.2, 0.25) is 0 Å². The third kappa shape index (κ3) is 4.74. The fourth-order valence-corrected chi connectivity index (χ4v) is 3.38. The highest BCUT2D eigenvalue weighted by Gasteiger charge is 2.13. The molecule has 4 nitrogen and oxygen atoms in total. The Balaban J connectivity index is 1.93. The van der Waals surface area contributed by atoms with E-state index in [-0.39, 0.29) is 5.56 Å². The van der Waals surface area contributed by atoms with Gasteiger partial charge in [0.1, 0.15) is 0 Å². The van der Waals surface area contributed by atoms with Gasteiger partial charge in [-0.05, 0) is 60.3 Å². The van der Waals surface area contributed by atoms with E-state index in [0.717, 1.165) is 29.4 Å². The number of pyridine rings is 1. The molecular weight excluding hydrogens is 354 g/mol. The molecule has 0 saturated heterocycles. The van der Waals surface area contributed by atoms with Crippen molar-refractivity contribution in [2.24, 2.45) is 0 Å². The van der Waals surface area contributed by atoms with Crippen molar-refractivity contribution < 1.29 is 0 Å². The summed E-state index contributed by atoms with van der Waals surface area (Å²) in [6.07, 6.45) is 0.967. The Morgan fingerprint density at radius 1 is 1.04 bits per heavy atom. The maximum atomic E-state index is 12.6. The minimum atomic E-state index is -0.0656. The number of hydrogen-bond acceptors (Lipinski definition) is 2. The molecule has 2 aromatic carbocycles. The molecule has 0 saturated carbocycles. The summed E-state index contributed by atoms with van der Waals surface area (Å²) in [5, 5.41) is 4.92. The molecule has 0 atom stereocenters. The second-order valence-electron chi connectivity index (χ2n) is 6.58. The van der Waals surface area contributed by atoms with E-state index in [2.05, 4.69) is 41.5 Å². The van der Waals surface area contributed by atoms with Crippen molar-refractivity contribution in [1.82, 2.24) is 15.2 Å². The van der Waals surface area contributed by atoms with Crippen molar-refractivity contribution in [1.29, 1.82) is 0 Å². The van der Waals surface area contributed by atoms with E-state index < -0.39 is 0 Å². The van der Waals surface area contributed by atoms with Gasteiger partial charge in [-0.25, -0.2) is 0 Å². The number of hydrogen-bond donors (Lipinski definition) is 2. The van der Waals surface area contributed by atoms with E-state index in [9.17, 15) is 4.79 Å². The van der Waals surface area contributed by atoms with Gasteiger partial charge in [-0.1, -0.05) is 43.3 Å². The molecule has 1 heterocycles. The van der Waals surface area contributed by atoms with Gasteiger partial charge in [-0.15, -0.1) is 0 Å². The van der Waals surface area contributed by atoms with Crippen LogP contribution in [-0.4, -0.2) is 21.5 Å². The van der Waals surface area contributed by atoms with Gasteiger partial charge in [-0.3, -0.25) is 4.79 Å². The summed E-state index contributed by atoms with van der Waals surface area (Å²) < 4.78 is 0. The van der Waals surface area contributed by atoms with E-state index in [0.29, 0.717) is 23.8 Å². The molecule has 0 amide bonds. The van der Waals surface area contributed by atoms with E-state index in [1.165, 1.54) is 5.56 Å². The normalized spacial score (nSPS) is 10.7. The molecular formula is C22H25N3OS. The zero-order valence-corrected chi connectivity index (χ0v) is 16.6. The quantitative estimate of drug-likeness (QED) is 0.636. The molecule has 2 N–H and O–H groups in total. The van der Waals surface area contributed by atoms with Gasteiger partial charge >= 0.3 is 0 Å². The van der Waals surface area contributed by atoms with E-state index >= 15 is 0 Å². The second-order valence-corrected chi connectivity index (χ2v) is 6.96. The van der Waals surface area contributed by atoms with Gasteiger partial charge in [-0.2, -0.15) is 0 Å². The molecule has 0 spiro atoms. The number of H-pyrrole nitrogens is 1. The zero-order valence-electron chi connectivity index (χ0n) is 15.8. The lowest BCUT2D eigenvalue weighted by atomic mass is 10.1. The van der Waals surface area contributed by atoms with Gasteiger partial charge in [0.15, 0.2) is 5.11 Å². The molecule has 0 unspecified atom stereocenters. The number of aryl methyl sites for hydroxylation is 1. The molecule has 0 fully saturated rings. The van der Waals surface area contributed by atoms with Crippen molar-refractivity contribution in [2.75, 3.05) is 6.54 Å². The first kappa shape index (κ1) is 19.1. The Labute approximate surface area is 165 Å². The molecule has 5 heteroatoms. The maximum absolute atomic E-state index is 12.6. The Bertz CT molecular complexity index is 982. The molecule has 0 aliphatic carbocycles. The molecule has 27 heavy (non-hydrogen) atoms. The zero-order chi connectivity index (χ0) is 19.2. The molecule has 0 aliphatic rings. The first-order chi connectivity index (χ1) is 13.1. The predicted molar refractivity (Wildman–Crippen MR) is 116 cm³/mol. The first-order valence-electron chi connectivity index (χ1n) is 9.32. The van der Waals surface area contributed by atoms with E-state index in [1.807, 2.05) is 42.2 Å². The van der Waals surface area contributed by atoms with E-state index in [4.69, 9.17) is 12.2 Å². The third-order valence-corrected chi connectivity index (χ3v) is 4.99. The standard InChI is InChI=1S/C22H25N3OS/c1-3-16-10-11-20-18(12-16)13-19(21(26)24-20)15-25(22(27)23-4-2)14-17-8-6-5-7-9-17/h5-13H,3-4,14-15H2,1-2H3,(H,23,27)(H,24,26). The number of rotatable bonds is 6. The summed E-state index contributed by atoms with van der Waals surface area (Å²) in [5.74, 6) is 0. The van der Waals surface area contributed by atoms with Crippen LogP contribution in [-0.2, 0) is 19.5 Å². The molecule has 0 aliphatic heterocycles. The molecule has 1 aromatic heterocycles. The minimum absolute atomic E-state index is 0.0656. The third-order valence-electron chi connectivity index (χ3n) is 4.59. The number of nitrogens with one attached hydrogen (secondary N) is 2. The van der Waals surface area contributed by atoms with Crippen molar-refractivity contribution in [3.05, 3.63) is 81.6 Å². The SMILES string of the molecule is CCNC(=S)N(Cc1ccccc1)Cc1cc2cc(CC)ccc2[nH]c1=O. The Morgan fingerprint density at radius 3 is 2.52 bits per heavy atom. The molecule has 3 aromatic rings. The summed E-state index contributed by atoms with van der Waals surface area (Å²) in [6.45, 7) is 6.01. The first-order valence-corrected chi connectivity index (χ1v) is 9.73. The largest absolute Gasteiger partial charge is 0.363 e. The van der Waals surface area contributed by atoms with Crippen molar-refractivity contribution in [3.8, 4) is 0 Å². The van der Waals surface area contributed by atoms with Crippen LogP contribution in [0.5, 0.6) is 0 Å². The van der Waals surface area contributed by atoms with Crippen LogP contribution in [0.3, 0.4) is 0 Å². The van der Waals surface area contributed by atoms with Crippen molar-refractivity contribution >= 4 is 28.2 Å². The fourth-order valence-electron chi connectivity index (χ4n) is 3.11. The highest BCUT2D eigenvalue weighted by molar-refractivity contribution is 7.80. The fraction of sp³-hybridized carbons (Fsp3) is 0.273. The summed E-state index contributed by atoms with van der Waals surface area (Å²) in [7, 11) is 0. The van der Waals surface area contributed by atoms with E-state index in [1.54, 1.807) is 0 Å².